The van der Waals surface area contributed by atoms with Crippen molar-refractivity contribution in [2.45, 2.75) is 6.61 Å². The minimum Gasteiger partial charge on any atom is -0.390 e. The van der Waals surface area contributed by atoms with Crippen LogP contribution in [-0.2, 0) is 6.61 Å². The van der Waals surface area contributed by atoms with Crippen molar-refractivity contribution in [1.82, 2.24) is 10.2 Å². The number of hydrogen-bond acceptors (Lipinski definition) is 2. The van der Waals surface area contributed by atoms with Gasteiger partial charge in [0.25, 0.3) is 0 Å². The van der Waals surface area contributed by atoms with Crippen LogP contribution in [0.25, 0.3) is 10.9 Å². The monoisotopic (exact) mass is 147 g/mol. The lowest BCUT2D eigenvalue weighted by molar-refractivity contribution is 0.278. The smallest absolute Gasteiger partial charge is 0.0955 e. The second-order valence-electron chi connectivity index (χ2n) is 2.30. The third-order valence-corrected chi connectivity index (χ3v) is 1.64. The molecule has 1 radical (unpaired) electrons. The van der Waals surface area contributed by atoms with Crippen LogP contribution in [0.4, 0.5) is 0 Å². The van der Waals surface area contributed by atoms with Crippen LogP contribution in [0, 0.1) is 6.07 Å². The molecule has 55 valence electrons. The SMILES string of the molecule is OCc1n[nH]c2cc[c]cc12. The van der Waals surface area contributed by atoms with Crippen LogP contribution in [0.2, 0.25) is 0 Å². The normalized spacial score (nSPS) is 10.6. The largest absolute Gasteiger partial charge is 0.390 e. The molecular weight excluding hydrogens is 140 g/mol. The first-order valence-corrected chi connectivity index (χ1v) is 3.36. The van der Waals surface area contributed by atoms with Gasteiger partial charge < -0.3 is 5.11 Å². The Kier molecular flexibility index (Phi) is 1.36. The van der Waals surface area contributed by atoms with Crippen LogP contribution in [0.15, 0.2) is 18.2 Å². The lowest BCUT2D eigenvalue weighted by Gasteiger charge is -1.87. The molecule has 11 heavy (non-hydrogen) atoms. The number of nitrogens with zero attached hydrogens (tertiary/aromatic N) is 1. The average Bonchev–Trinajstić information content (AvgIpc) is 2.47. The van der Waals surface area contributed by atoms with Crippen LogP contribution in [0.1, 0.15) is 5.69 Å². The number of nitrogens with one attached hydrogen (secondary N) is 1. The van der Waals surface area contributed by atoms with Gasteiger partial charge in [-0.1, -0.05) is 6.07 Å². The summed E-state index contributed by atoms with van der Waals surface area (Å²) >= 11 is 0. The number of fused-ring (bicyclic) bond motifs is 1. The van der Waals surface area contributed by atoms with E-state index in [1.54, 1.807) is 0 Å². The van der Waals surface area contributed by atoms with E-state index in [4.69, 9.17) is 5.11 Å². The number of aromatic amines is 1. The minimum absolute atomic E-state index is 0.0299. The van der Waals surface area contributed by atoms with Crippen molar-refractivity contribution in [3.05, 3.63) is 30.0 Å². The van der Waals surface area contributed by atoms with Crippen LogP contribution in [0.5, 0.6) is 0 Å². The van der Waals surface area contributed by atoms with Gasteiger partial charge in [0.2, 0.25) is 0 Å². The fraction of sp³-hybridized carbons (Fsp3) is 0.125. The first kappa shape index (κ1) is 6.37. The third kappa shape index (κ3) is 0.897. The molecule has 0 aliphatic heterocycles. The molecule has 0 unspecified atom stereocenters. The summed E-state index contributed by atoms with van der Waals surface area (Å²) in [6, 6.07) is 8.42. The Bertz CT molecular complexity index is 367. The van der Waals surface area contributed by atoms with Gasteiger partial charge in [-0.2, -0.15) is 5.10 Å². The molecule has 0 saturated carbocycles. The van der Waals surface area contributed by atoms with E-state index in [0.717, 1.165) is 10.9 Å². The molecule has 1 heterocycles. The van der Waals surface area contributed by atoms with Crippen molar-refractivity contribution in [1.29, 1.82) is 0 Å². The number of rotatable bonds is 1. The molecule has 0 saturated heterocycles. The Balaban J connectivity index is 2.76. The standard InChI is InChI=1S/C8H7N2O/c11-5-8-6-3-1-2-4-7(6)9-10-8/h2-4,11H,5H2,(H,9,10). The van der Waals surface area contributed by atoms with E-state index in [0.29, 0.717) is 5.69 Å². The summed E-state index contributed by atoms with van der Waals surface area (Å²) in [5, 5.41) is 16.5. The van der Waals surface area contributed by atoms with Gasteiger partial charge in [0.1, 0.15) is 0 Å². The molecule has 1 aromatic carbocycles. The summed E-state index contributed by atoms with van der Waals surface area (Å²) in [4.78, 5) is 0. The highest BCUT2D eigenvalue weighted by atomic mass is 16.3. The minimum atomic E-state index is -0.0299. The van der Waals surface area contributed by atoms with Crippen molar-refractivity contribution >= 4 is 10.9 Å². The zero-order chi connectivity index (χ0) is 7.68. The zero-order valence-electron chi connectivity index (χ0n) is 5.83. The van der Waals surface area contributed by atoms with Crippen LogP contribution in [-0.4, -0.2) is 15.3 Å². The quantitative estimate of drug-likeness (QED) is 0.628. The first-order chi connectivity index (χ1) is 5.42. The Hall–Kier alpha value is -1.35. The van der Waals surface area contributed by atoms with E-state index in [9.17, 15) is 0 Å². The topological polar surface area (TPSA) is 48.9 Å². The van der Waals surface area contributed by atoms with E-state index < -0.39 is 0 Å². The number of aliphatic hydroxyl groups is 1. The van der Waals surface area contributed by atoms with Crippen LogP contribution in [0.3, 0.4) is 0 Å². The van der Waals surface area contributed by atoms with Gasteiger partial charge in [0.15, 0.2) is 0 Å². The van der Waals surface area contributed by atoms with E-state index in [-0.39, 0.29) is 6.61 Å². The van der Waals surface area contributed by atoms with E-state index in [1.165, 1.54) is 0 Å². The van der Waals surface area contributed by atoms with Crippen molar-refractivity contribution < 1.29 is 5.11 Å². The molecule has 2 rings (SSSR count). The number of benzene rings is 1. The molecule has 0 amide bonds. The number of H-pyrrole nitrogens is 1. The number of aliphatic hydroxyl groups excluding tert-OH is 1. The van der Waals surface area contributed by atoms with Gasteiger partial charge in [-0.3, -0.25) is 5.10 Å². The molecule has 0 bridgehead atoms. The van der Waals surface area contributed by atoms with Gasteiger partial charge in [-0.25, -0.2) is 0 Å². The molecule has 3 heteroatoms. The lowest BCUT2D eigenvalue weighted by atomic mass is 10.2. The average molecular weight is 147 g/mol. The second kappa shape index (κ2) is 2.36. The van der Waals surface area contributed by atoms with Gasteiger partial charge in [-0.05, 0) is 18.2 Å². The molecule has 0 fully saturated rings. The Morgan fingerprint density at radius 3 is 3.36 bits per heavy atom. The van der Waals surface area contributed by atoms with Crippen molar-refractivity contribution in [3.8, 4) is 0 Å². The second-order valence-corrected chi connectivity index (χ2v) is 2.30. The Morgan fingerprint density at radius 2 is 2.55 bits per heavy atom. The van der Waals surface area contributed by atoms with Crippen LogP contribution >= 0.6 is 0 Å². The van der Waals surface area contributed by atoms with Crippen molar-refractivity contribution in [2.24, 2.45) is 0 Å². The van der Waals surface area contributed by atoms with Crippen molar-refractivity contribution in [2.75, 3.05) is 0 Å². The Labute approximate surface area is 63.7 Å². The highest BCUT2D eigenvalue weighted by Crippen LogP contribution is 2.13. The van der Waals surface area contributed by atoms with E-state index >= 15 is 0 Å². The van der Waals surface area contributed by atoms with Gasteiger partial charge in [0, 0.05) is 5.39 Å². The fourth-order valence-corrected chi connectivity index (χ4v) is 1.08. The summed E-state index contributed by atoms with van der Waals surface area (Å²) in [5.74, 6) is 0. The Morgan fingerprint density at radius 1 is 1.64 bits per heavy atom. The van der Waals surface area contributed by atoms with E-state index in [1.807, 2.05) is 18.2 Å². The predicted molar refractivity (Wildman–Crippen MR) is 40.9 cm³/mol. The van der Waals surface area contributed by atoms with Gasteiger partial charge in [-0.15, -0.1) is 0 Å². The summed E-state index contributed by atoms with van der Waals surface area (Å²) < 4.78 is 0. The van der Waals surface area contributed by atoms with Crippen molar-refractivity contribution in [3.63, 3.8) is 0 Å². The maximum atomic E-state index is 8.83. The number of hydrogen-bond donors (Lipinski definition) is 2. The van der Waals surface area contributed by atoms with Gasteiger partial charge in [0.05, 0.1) is 17.8 Å². The molecule has 0 spiro atoms. The molecular formula is C8H7N2O. The molecule has 2 aromatic rings. The molecule has 1 aromatic heterocycles. The summed E-state index contributed by atoms with van der Waals surface area (Å²) in [7, 11) is 0. The third-order valence-electron chi connectivity index (χ3n) is 1.64. The maximum Gasteiger partial charge on any atom is 0.0955 e. The molecule has 0 atom stereocenters. The number of aromatic nitrogens is 2. The molecule has 3 nitrogen and oxygen atoms in total. The predicted octanol–water partition coefficient (Wildman–Crippen LogP) is 0.855. The zero-order valence-corrected chi connectivity index (χ0v) is 5.83. The highest BCUT2D eigenvalue weighted by molar-refractivity contribution is 5.80. The van der Waals surface area contributed by atoms with Gasteiger partial charge >= 0.3 is 0 Å². The summed E-state index contributed by atoms with van der Waals surface area (Å²) in [6.45, 7) is -0.0299. The van der Waals surface area contributed by atoms with Crippen LogP contribution < -0.4 is 0 Å². The maximum absolute atomic E-state index is 8.83. The highest BCUT2D eigenvalue weighted by Gasteiger charge is 2.01. The summed E-state index contributed by atoms with van der Waals surface area (Å²) in [6.07, 6.45) is 0. The first-order valence-electron chi connectivity index (χ1n) is 3.36. The summed E-state index contributed by atoms with van der Waals surface area (Å²) in [5.41, 5.74) is 1.62. The molecule has 0 aliphatic carbocycles. The fourth-order valence-electron chi connectivity index (χ4n) is 1.08. The molecule has 2 N–H and O–H groups in total. The molecule has 0 aliphatic rings. The van der Waals surface area contributed by atoms with E-state index in [2.05, 4.69) is 16.3 Å². The lowest BCUT2D eigenvalue weighted by Crippen LogP contribution is -1.81.